The van der Waals surface area contributed by atoms with Gasteiger partial charge in [-0.3, -0.25) is 4.79 Å². The fourth-order valence-electron chi connectivity index (χ4n) is 2.46. The highest BCUT2D eigenvalue weighted by molar-refractivity contribution is 7.99. The summed E-state index contributed by atoms with van der Waals surface area (Å²) in [6.45, 7) is 1.99. The zero-order valence-electron chi connectivity index (χ0n) is 12.1. The van der Waals surface area contributed by atoms with E-state index >= 15 is 0 Å². The summed E-state index contributed by atoms with van der Waals surface area (Å²) in [7, 11) is 0. The Morgan fingerprint density at radius 2 is 2.38 bits per heavy atom. The van der Waals surface area contributed by atoms with E-state index in [2.05, 4.69) is 29.1 Å². The lowest BCUT2D eigenvalue weighted by Gasteiger charge is -2.12. The lowest BCUT2D eigenvalue weighted by molar-refractivity contribution is 0.0933. The van der Waals surface area contributed by atoms with Crippen molar-refractivity contribution in [2.75, 3.05) is 12.4 Å². The zero-order valence-corrected chi connectivity index (χ0v) is 12.9. The van der Waals surface area contributed by atoms with Crippen molar-refractivity contribution in [3.8, 4) is 11.8 Å². The quantitative estimate of drug-likeness (QED) is 0.833. The van der Waals surface area contributed by atoms with Crippen LogP contribution >= 0.6 is 11.8 Å². The molecule has 1 aromatic rings. The van der Waals surface area contributed by atoms with Gasteiger partial charge in [0.25, 0.3) is 5.91 Å². The largest absolute Gasteiger partial charge is 0.384 e. The molecule has 1 aliphatic carbocycles. The van der Waals surface area contributed by atoms with Gasteiger partial charge in [0, 0.05) is 23.1 Å². The second-order valence-electron chi connectivity index (χ2n) is 4.95. The molecule has 0 saturated heterocycles. The first-order valence-electron chi connectivity index (χ1n) is 7.21. The molecule has 0 bridgehead atoms. The average molecular weight is 304 g/mol. The van der Waals surface area contributed by atoms with E-state index in [0.717, 1.165) is 18.6 Å². The lowest BCUT2D eigenvalue weighted by Crippen LogP contribution is -2.33. The van der Waals surface area contributed by atoms with Crippen LogP contribution in [0.2, 0.25) is 0 Å². The van der Waals surface area contributed by atoms with Crippen LogP contribution in [0.15, 0.2) is 18.3 Å². The monoisotopic (exact) mass is 304 g/mol. The van der Waals surface area contributed by atoms with Gasteiger partial charge in [-0.1, -0.05) is 18.8 Å². The standard InChI is InChI=1S/C16H20N2O2S/c1-2-21-14-7-6-13(10-14)18-16(20)15-8-5-12(11-17-15)4-3-9-19/h5,8,11,13-14,19H,2,6-7,9-10H2,1H3,(H,18,20). The molecule has 5 heteroatoms. The SMILES string of the molecule is CCSC1CCC(NC(=O)c2ccc(C#CCO)cn2)C1. The first-order chi connectivity index (χ1) is 10.2. The van der Waals surface area contributed by atoms with E-state index in [-0.39, 0.29) is 18.6 Å². The zero-order chi connectivity index (χ0) is 15.1. The van der Waals surface area contributed by atoms with Crippen LogP contribution in [-0.4, -0.2) is 39.6 Å². The number of nitrogens with one attached hydrogen (secondary N) is 1. The highest BCUT2D eigenvalue weighted by Crippen LogP contribution is 2.29. The number of rotatable bonds is 4. The molecular weight excluding hydrogens is 284 g/mol. The highest BCUT2D eigenvalue weighted by atomic mass is 32.2. The van der Waals surface area contributed by atoms with Crippen molar-refractivity contribution in [2.45, 2.75) is 37.5 Å². The molecule has 1 aliphatic rings. The molecule has 21 heavy (non-hydrogen) atoms. The molecule has 112 valence electrons. The van der Waals surface area contributed by atoms with Gasteiger partial charge < -0.3 is 10.4 Å². The summed E-state index contributed by atoms with van der Waals surface area (Å²) in [4.78, 5) is 16.3. The van der Waals surface area contributed by atoms with Gasteiger partial charge in [-0.25, -0.2) is 4.98 Å². The molecule has 1 aromatic heterocycles. The molecule has 0 radical (unpaired) electrons. The minimum atomic E-state index is -0.180. The maximum absolute atomic E-state index is 12.1. The van der Waals surface area contributed by atoms with Crippen molar-refractivity contribution in [3.63, 3.8) is 0 Å². The van der Waals surface area contributed by atoms with Crippen LogP contribution in [0.3, 0.4) is 0 Å². The number of aliphatic hydroxyl groups excluding tert-OH is 1. The number of aliphatic hydroxyl groups is 1. The maximum atomic E-state index is 12.1. The average Bonchev–Trinajstić information content (AvgIpc) is 2.93. The van der Waals surface area contributed by atoms with Crippen LogP contribution in [0.4, 0.5) is 0 Å². The van der Waals surface area contributed by atoms with Crippen LogP contribution in [-0.2, 0) is 0 Å². The molecule has 1 heterocycles. The second-order valence-corrected chi connectivity index (χ2v) is 6.53. The minimum absolute atomic E-state index is 0.121. The molecule has 1 fully saturated rings. The van der Waals surface area contributed by atoms with Gasteiger partial charge in [0.15, 0.2) is 0 Å². The third-order valence-electron chi connectivity index (χ3n) is 3.43. The Morgan fingerprint density at radius 1 is 1.52 bits per heavy atom. The molecule has 0 aromatic carbocycles. The maximum Gasteiger partial charge on any atom is 0.270 e. The van der Waals surface area contributed by atoms with Crippen molar-refractivity contribution >= 4 is 17.7 Å². The first-order valence-corrected chi connectivity index (χ1v) is 8.26. The summed E-state index contributed by atoms with van der Waals surface area (Å²) in [5, 5.41) is 12.4. The Balaban J connectivity index is 1.89. The number of nitrogens with zero attached hydrogens (tertiary/aromatic N) is 1. The third-order valence-corrected chi connectivity index (χ3v) is 4.66. The van der Waals surface area contributed by atoms with Crippen LogP contribution in [0.25, 0.3) is 0 Å². The van der Waals surface area contributed by atoms with Gasteiger partial charge in [0.2, 0.25) is 0 Å². The van der Waals surface area contributed by atoms with Gasteiger partial charge in [-0.05, 0) is 37.1 Å². The van der Waals surface area contributed by atoms with E-state index in [9.17, 15) is 4.79 Å². The summed E-state index contributed by atoms with van der Waals surface area (Å²) in [5.74, 6) is 6.31. The first kappa shape index (κ1) is 15.9. The lowest BCUT2D eigenvalue weighted by atomic mass is 10.2. The number of pyridine rings is 1. The number of carbonyl (C=O) groups is 1. The number of hydrogen-bond donors (Lipinski definition) is 2. The number of aromatic nitrogens is 1. The van der Waals surface area contributed by atoms with Crippen LogP contribution in [0.1, 0.15) is 42.2 Å². The van der Waals surface area contributed by atoms with E-state index in [0.29, 0.717) is 16.5 Å². The molecule has 0 aliphatic heterocycles. The molecule has 2 atom stereocenters. The van der Waals surface area contributed by atoms with Crippen LogP contribution < -0.4 is 5.32 Å². The Hall–Kier alpha value is -1.51. The Kier molecular flexibility index (Phi) is 6.09. The Bertz CT molecular complexity index is 533. The van der Waals surface area contributed by atoms with Crippen LogP contribution in [0.5, 0.6) is 0 Å². The smallest absolute Gasteiger partial charge is 0.270 e. The summed E-state index contributed by atoms with van der Waals surface area (Å²) >= 11 is 1.97. The van der Waals surface area contributed by atoms with E-state index in [1.54, 1.807) is 18.3 Å². The van der Waals surface area contributed by atoms with E-state index in [1.807, 2.05) is 11.8 Å². The van der Waals surface area contributed by atoms with Gasteiger partial charge in [-0.2, -0.15) is 11.8 Å². The predicted molar refractivity (Wildman–Crippen MR) is 85.2 cm³/mol. The van der Waals surface area contributed by atoms with Crippen molar-refractivity contribution in [3.05, 3.63) is 29.6 Å². The fourth-order valence-corrected chi connectivity index (χ4v) is 3.60. The number of carbonyl (C=O) groups excluding carboxylic acids is 1. The number of amides is 1. The summed E-state index contributed by atoms with van der Waals surface area (Å²) in [6, 6.07) is 3.68. The van der Waals surface area contributed by atoms with Crippen molar-refractivity contribution < 1.29 is 9.90 Å². The van der Waals surface area contributed by atoms with Crippen molar-refractivity contribution in [1.29, 1.82) is 0 Å². The number of thioether (sulfide) groups is 1. The summed E-state index contributed by atoms with van der Waals surface area (Å²) in [5.41, 5.74) is 1.11. The molecule has 2 N–H and O–H groups in total. The molecule has 2 rings (SSSR count). The highest BCUT2D eigenvalue weighted by Gasteiger charge is 2.26. The second kappa shape index (κ2) is 8.06. The van der Waals surface area contributed by atoms with E-state index < -0.39 is 0 Å². The fraction of sp³-hybridized carbons (Fsp3) is 0.500. The molecule has 1 saturated carbocycles. The molecular formula is C16H20N2O2S. The molecule has 4 nitrogen and oxygen atoms in total. The topological polar surface area (TPSA) is 62.2 Å². The van der Waals surface area contributed by atoms with Gasteiger partial charge in [-0.15, -0.1) is 0 Å². The molecule has 0 spiro atoms. The van der Waals surface area contributed by atoms with Crippen LogP contribution in [0, 0.1) is 11.8 Å². The molecule has 2 unspecified atom stereocenters. The van der Waals surface area contributed by atoms with E-state index in [1.165, 1.54) is 6.42 Å². The number of hydrogen-bond acceptors (Lipinski definition) is 4. The Labute approximate surface area is 129 Å². The normalized spacial score (nSPS) is 20.7. The Morgan fingerprint density at radius 3 is 3.05 bits per heavy atom. The summed E-state index contributed by atoms with van der Waals surface area (Å²) in [6.07, 6.45) is 4.82. The minimum Gasteiger partial charge on any atom is -0.384 e. The predicted octanol–water partition coefficient (Wildman–Crippen LogP) is 1.83. The summed E-state index contributed by atoms with van der Waals surface area (Å²) < 4.78 is 0. The van der Waals surface area contributed by atoms with Crippen molar-refractivity contribution in [1.82, 2.24) is 10.3 Å². The van der Waals surface area contributed by atoms with Gasteiger partial charge >= 0.3 is 0 Å². The van der Waals surface area contributed by atoms with E-state index in [4.69, 9.17) is 5.11 Å². The molecule has 1 amide bonds. The van der Waals surface area contributed by atoms with Gasteiger partial charge in [0.05, 0.1) is 0 Å². The van der Waals surface area contributed by atoms with Gasteiger partial charge in [0.1, 0.15) is 12.3 Å². The van der Waals surface area contributed by atoms with Crippen molar-refractivity contribution in [2.24, 2.45) is 0 Å². The third kappa shape index (κ3) is 4.76.